The second-order valence-corrected chi connectivity index (χ2v) is 4.82. The van der Waals surface area contributed by atoms with Gasteiger partial charge in [-0.15, -0.1) is 10.8 Å². The summed E-state index contributed by atoms with van der Waals surface area (Å²) in [7, 11) is -1.16. The average Bonchev–Trinajstić information content (AvgIpc) is 2.31. The van der Waals surface area contributed by atoms with Gasteiger partial charge in [0.1, 0.15) is 0 Å². The van der Waals surface area contributed by atoms with E-state index in [2.05, 4.69) is 6.26 Å². The monoisotopic (exact) mass is 318 g/mol. The normalized spacial score (nSPS) is 11.9. The minimum absolute atomic E-state index is 0. The van der Waals surface area contributed by atoms with Crippen molar-refractivity contribution < 1.29 is 36.9 Å². The molecule has 1 nitrogen and oxygen atoms in total. The first-order valence-corrected chi connectivity index (χ1v) is 6.47. The van der Waals surface area contributed by atoms with Crippen molar-refractivity contribution in [2.75, 3.05) is 0 Å². The molecule has 1 radical (unpaired) electrons. The Bertz CT molecular complexity index is 431. The quantitative estimate of drug-likeness (QED) is 0.794. The maximum atomic E-state index is 11.7. The van der Waals surface area contributed by atoms with Crippen molar-refractivity contribution in [1.29, 1.82) is 0 Å². The Morgan fingerprint density at radius 2 is 1.18 bits per heavy atom. The summed E-state index contributed by atoms with van der Waals surface area (Å²) < 4.78 is 11.7. The summed E-state index contributed by atoms with van der Waals surface area (Å²) in [5.41, 5.74) is 2.09. The Kier molecular flexibility index (Phi) is 6.25. The smallest absolute Gasteiger partial charge is 0.0542 e. The van der Waals surface area contributed by atoms with Crippen LogP contribution in [0.1, 0.15) is 16.4 Å². The van der Waals surface area contributed by atoms with Gasteiger partial charge < -0.3 is 0 Å². The van der Waals surface area contributed by atoms with Crippen molar-refractivity contribution in [3.05, 3.63) is 78.0 Å². The van der Waals surface area contributed by atoms with Gasteiger partial charge in [-0.25, -0.2) is 0 Å². The molecule has 0 fully saturated rings. The summed E-state index contributed by atoms with van der Waals surface area (Å²) in [6.45, 7) is 0. The zero-order valence-corrected chi connectivity index (χ0v) is 13.1. The second-order valence-electron chi connectivity index (χ2n) is 3.58. The molecule has 1 unspecified atom stereocenters. The first kappa shape index (κ1) is 14.8. The molecule has 1 atom stereocenters. The van der Waals surface area contributed by atoms with Crippen LogP contribution in [0.3, 0.4) is 0 Å². The zero-order valence-electron chi connectivity index (χ0n) is 9.45. The molecular formula is C14H13OSY-. The molecule has 0 heterocycles. The van der Waals surface area contributed by atoms with E-state index in [1.54, 1.807) is 0 Å². The number of benzene rings is 2. The molecule has 0 saturated carbocycles. The Morgan fingerprint density at radius 3 is 1.47 bits per heavy atom. The van der Waals surface area contributed by atoms with Crippen molar-refractivity contribution in [2.45, 2.75) is 5.25 Å². The van der Waals surface area contributed by atoms with Gasteiger partial charge in [0, 0.05) is 32.7 Å². The molecule has 2 aromatic rings. The van der Waals surface area contributed by atoms with Gasteiger partial charge in [0.15, 0.2) is 0 Å². The summed E-state index contributed by atoms with van der Waals surface area (Å²) >= 11 is 0. The van der Waals surface area contributed by atoms with Gasteiger partial charge >= 0.3 is 0 Å². The maximum absolute atomic E-state index is 11.7. The van der Waals surface area contributed by atoms with Gasteiger partial charge in [0.2, 0.25) is 0 Å². The van der Waals surface area contributed by atoms with Crippen LogP contribution in [0.25, 0.3) is 0 Å². The molecule has 0 saturated heterocycles. The van der Waals surface area contributed by atoms with Crippen molar-refractivity contribution in [3.8, 4) is 0 Å². The molecule has 0 N–H and O–H groups in total. The third-order valence-corrected chi connectivity index (χ3v) is 3.54. The Hall–Kier alpha value is -0.306. The largest absolute Gasteiger partial charge is 0.294 e. The summed E-state index contributed by atoms with van der Waals surface area (Å²) in [4.78, 5) is 0. The molecule has 0 spiro atoms. The molecule has 85 valence electrons. The molecule has 0 aliphatic rings. The Labute approximate surface area is 130 Å². The molecule has 2 aromatic carbocycles. The fourth-order valence-electron chi connectivity index (χ4n) is 1.75. The van der Waals surface area contributed by atoms with E-state index in [1.807, 2.05) is 60.7 Å². The van der Waals surface area contributed by atoms with E-state index < -0.39 is 10.8 Å². The first-order valence-electron chi connectivity index (χ1n) is 5.09. The van der Waals surface area contributed by atoms with Gasteiger partial charge in [0.05, 0.1) is 5.25 Å². The predicted molar refractivity (Wildman–Crippen MR) is 68.2 cm³/mol. The molecule has 3 heteroatoms. The molecule has 0 aromatic heterocycles. The molecule has 17 heavy (non-hydrogen) atoms. The zero-order chi connectivity index (χ0) is 11.4. The van der Waals surface area contributed by atoms with Gasteiger partial charge in [-0.3, -0.25) is 10.5 Å². The third-order valence-electron chi connectivity index (χ3n) is 2.47. The van der Waals surface area contributed by atoms with E-state index in [9.17, 15) is 4.21 Å². The predicted octanol–water partition coefficient (Wildman–Crippen LogP) is 3.31. The molecular weight excluding hydrogens is 305 g/mol. The molecule has 0 amide bonds. The molecule has 0 aliphatic heterocycles. The summed E-state index contributed by atoms with van der Waals surface area (Å²) in [5.74, 6) is 0. The van der Waals surface area contributed by atoms with E-state index in [1.165, 1.54) is 0 Å². The van der Waals surface area contributed by atoms with Crippen LogP contribution in [0.15, 0.2) is 60.7 Å². The number of rotatable bonds is 3. The minimum Gasteiger partial charge on any atom is -0.294 e. The van der Waals surface area contributed by atoms with Crippen LogP contribution < -0.4 is 0 Å². The van der Waals surface area contributed by atoms with E-state index in [0.29, 0.717) is 0 Å². The summed E-state index contributed by atoms with van der Waals surface area (Å²) in [6, 6.07) is 19.7. The van der Waals surface area contributed by atoms with Gasteiger partial charge in [-0.2, -0.15) is 0 Å². The topological polar surface area (TPSA) is 17.1 Å². The van der Waals surface area contributed by atoms with Gasteiger partial charge in [0.25, 0.3) is 0 Å². The van der Waals surface area contributed by atoms with Crippen LogP contribution in [0.2, 0.25) is 0 Å². The van der Waals surface area contributed by atoms with Crippen molar-refractivity contribution in [1.82, 2.24) is 0 Å². The van der Waals surface area contributed by atoms with E-state index in [0.717, 1.165) is 11.1 Å². The minimum atomic E-state index is -1.16. The Balaban J connectivity index is 0.00000144. The fraction of sp³-hybridized carbons (Fsp3) is 0.0714. The maximum Gasteiger partial charge on any atom is 0.0542 e. The SMILES string of the molecule is [CH2-]S(=O)C(c1ccccc1)c1ccccc1.[Y]. The summed E-state index contributed by atoms with van der Waals surface area (Å²) in [6.07, 6.45) is 3.66. The molecule has 2 rings (SSSR count). The standard InChI is InChI=1S/C14H13OS.Y/c1-16(15)14(12-8-4-2-5-9-12)13-10-6-3-7-11-13;/h2-11,14H,1H2;/q-1;. The Morgan fingerprint density at radius 1 is 0.824 bits per heavy atom. The van der Waals surface area contributed by atoms with Crippen LogP contribution in [-0.4, -0.2) is 4.21 Å². The van der Waals surface area contributed by atoms with Crippen LogP contribution in [0.5, 0.6) is 0 Å². The number of hydrogen-bond acceptors (Lipinski definition) is 1. The van der Waals surface area contributed by atoms with Crippen LogP contribution >= 0.6 is 0 Å². The fourth-order valence-corrected chi connectivity index (χ4v) is 2.67. The molecule has 0 aliphatic carbocycles. The van der Waals surface area contributed by atoms with Gasteiger partial charge in [-0.1, -0.05) is 60.7 Å². The van der Waals surface area contributed by atoms with Crippen molar-refractivity contribution in [3.63, 3.8) is 0 Å². The number of hydrogen-bond donors (Lipinski definition) is 0. The van der Waals surface area contributed by atoms with Crippen LogP contribution in [-0.2, 0) is 43.5 Å². The van der Waals surface area contributed by atoms with Crippen LogP contribution in [0.4, 0.5) is 0 Å². The summed E-state index contributed by atoms with van der Waals surface area (Å²) in [5, 5.41) is -0.137. The first-order chi connectivity index (χ1) is 7.79. The van der Waals surface area contributed by atoms with E-state index in [4.69, 9.17) is 0 Å². The van der Waals surface area contributed by atoms with E-state index >= 15 is 0 Å². The van der Waals surface area contributed by atoms with Gasteiger partial charge in [-0.05, 0) is 11.1 Å². The third kappa shape index (κ3) is 3.84. The van der Waals surface area contributed by atoms with Crippen LogP contribution in [0, 0.1) is 6.26 Å². The van der Waals surface area contributed by atoms with Crippen molar-refractivity contribution >= 4 is 10.8 Å². The molecule has 0 bridgehead atoms. The second kappa shape index (κ2) is 7.20. The van der Waals surface area contributed by atoms with E-state index in [-0.39, 0.29) is 38.0 Å². The average molecular weight is 318 g/mol. The van der Waals surface area contributed by atoms with Crippen molar-refractivity contribution in [2.24, 2.45) is 0 Å².